The number of nitrogens with two attached hydrogens (primary N) is 1. The van der Waals surface area contributed by atoms with Crippen LogP contribution in [0.3, 0.4) is 0 Å². The van der Waals surface area contributed by atoms with E-state index in [4.69, 9.17) is 5.73 Å². The van der Waals surface area contributed by atoms with Crippen LogP contribution >= 0.6 is 11.8 Å². The van der Waals surface area contributed by atoms with Crippen LogP contribution in [0.25, 0.3) is 0 Å². The van der Waals surface area contributed by atoms with Gasteiger partial charge in [0, 0.05) is 35.7 Å². The van der Waals surface area contributed by atoms with Gasteiger partial charge < -0.3 is 35.6 Å². The number of imidazole rings is 1. The second-order valence-corrected chi connectivity index (χ2v) is 10.6. The minimum atomic E-state index is -1.13. The lowest BCUT2D eigenvalue weighted by Gasteiger charge is -2.46. The number of aliphatic hydroxyl groups is 1. The van der Waals surface area contributed by atoms with Crippen LogP contribution in [0.4, 0.5) is 5.95 Å². The van der Waals surface area contributed by atoms with Gasteiger partial charge in [-0.3, -0.25) is 9.59 Å². The molecular weight excluding hydrogens is 448 g/mol. The third kappa shape index (κ3) is 3.42. The molecule has 0 spiro atoms. The molecule has 2 saturated heterocycles. The van der Waals surface area contributed by atoms with E-state index in [-0.39, 0.29) is 40.8 Å². The van der Waals surface area contributed by atoms with Crippen molar-refractivity contribution in [1.82, 2.24) is 24.7 Å². The molecule has 2 fully saturated rings. The quantitative estimate of drug-likeness (QED) is 0.409. The minimum absolute atomic E-state index is 0.00974. The Hall–Kier alpha value is -2.57. The average molecular weight is 477 g/mol. The molecule has 1 aromatic rings. The van der Waals surface area contributed by atoms with E-state index >= 15 is 0 Å². The molecule has 5 N–H and O–H groups in total. The summed E-state index contributed by atoms with van der Waals surface area (Å²) >= 11 is 1.44. The first-order valence-corrected chi connectivity index (χ1v) is 12.0. The van der Waals surface area contributed by atoms with Gasteiger partial charge in [-0.05, 0) is 13.3 Å². The Morgan fingerprint density at radius 3 is 2.82 bits per heavy atom. The third-order valence-corrected chi connectivity index (χ3v) is 8.73. The lowest BCUT2D eigenvalue weighted by Crippen LogP contribution is -2.63. The van der Waals surface area contributed by atoms with Gasteiger partial charge in [0.15, 0.2) is 5.95 Å². The van der Waals surface area contributed by atoms with E-state index in [2.05, 4.69) is 10.3 Å². The van der Waals surface area contributed by atoms with Crippen molar-refractivity contribution in [2.45, 2.75) is 56.8 Å². The number of nitrogens with zero attached hydrogens (tertiary/aromatic N) is 4. The third-order valence-electron chi connectivity index (χ3n) is 7.22. The van der Waals surface area contributed by atoms with Crippen molar-refractivity contribution in [1.29, 1.82) is 0 Å². The second kappa shape index (κ2) is 8.03. The van der Waals surface area contributed by atoms with Crippen LogP contribution in [0, 0.1) is 11.8 Å². The van der Waals surface area contributed by atoms with E-state index in [1.54, 1.807) is 18.0 Å². The van der Waals surface area contributed by atoms with E-state index in [1.807, 2.05) is 11.5 Å². The highest BCUT2D eigenvalue weighted by atomic mass is 32.2. The Balaban J connectivity index is 1.26. The fraction of sp³-hybridized carbons (Fsp3) is 0.619. The number of carbonyl (C=O) groups is 3. The number of rotatable bonds is 5. The largest absolute Gasteiger partial charge is 0.477 e. The van der Waals surface area contributed by atoms with E-state index in [9.17, 15) is 24.6 Å². The number of fused-ring (bicyclic) bond motifs is 2. The van der Waals surface area contributed by atoms with E-state index < -0.39 is 18.0 Å². The number of carboxylic acid groups (broad SMARTS) is 1. The molecule has 11 nitrogen and oxygen atoms in total. The zero-order valence-electron chi connectivity index (χ0n) is 18.5. The van der Waals surface area contributed by atoms with Crippen LogP contribution in [-0.4, -0.2) is 83.9 Å². The van der Waals surface area contributed by atoms with Crippen LogP contribution in [-0.2, 0) is 27.5 Å². The van der Waals surface area contributed by atoms with Gasteiger partial charge in [0.05, 0.1) is 42.5 Å². The lowest BCUT2D eigenvalue weighted by atomic mass is 9.79. The molecule has 178 valence electrons. The molecule has 0 bridgehead atoms. The smallest absolute Gasteiger partial charge is 0.353 e. The molecule has 1 aromatic heterocycles. The van der Waals surface area contributed by atoms with Crippen molar-refractivity contribution in [3.05, 3.63) is 22.5 Å². The number of carboxylic acids is 1. The summed E-state index contributed by atoms with van der Waals surface area (Å²) in [5, 5.41) is 23.1. The van der Waals surface area contributed by atoms with E-state index in [0.29, 0.717) is 43.5 Å². The first-order chi connectivity index (χ1) is 15.7. The Morgan fingerprint density at radius 1 is 1.36 bits per heavy atom. The minimum Gasteiger partial charge on any atom is -0.477 e. The van der Waals surface area contributed by atoms with Crippen molar-refractivity contribution >= 4 is 35.5 Å². The van der Waals surface area contributed by atoms with Crippen LogP contribution in [0.5, 0.6) is 0 Å². The van der Waals surface area contributed by atoms with Crippen molar-refractivity contribution < 1.29 is 24.6 Å². The fourth-order valence-corrected chi connectivity index (χ4v) is 7.03. The first kappa shape index (κ1) is 22.2. The molecule has 4 aliphatic heterocycles. The van der Waals surface area contributed by atoms with Crippen LogP contribution in [0.15, 0.2) is 16.8 Å². The van der Waals surface area contributed by atoms with Gasteiger partial charge in [0.25, 0.3) is 0 Å². The standard InChI is InChI=1S/C21H28N6O5S/c1-9-15-14(10(2)28)19(30)27(15)16(20(31)32)17(9)33-12-5-13(23-7-12)18(29)25-3-4-26-11(8-25)6-24-21(26)22/h6,9-10,12-15,23,28H,3-5,7-8H2,1-2H3,(H2,22,24)(H,31,32)/t9-,10-,12+,13+,14-,15-/m1/s1. The molecule has 2 amide bonds. The molecule has 0 unspecified atom stereocenters. The number of hydrogen-bond donors (Lipinski definition) is 4. The predicted octanol–water partition coefficient (Wildman–Crippen LogP) is -0.575. The number of aliphatic hydroxyl groups excluding tert-OH is 1. The number of carbonyl (C=O) groups excluding carboxylic acids is 2. The summed E-state index contributed by atoms with van der Waals surface area (Å²) in [5.41, 5.74) is 6.79. The van der Waals surface area contributed by atoms with Gasteiger partial charge in [-0.1, -0.05) is 6.92 Å². The van der Waals surface area contributed by atoms with Crippen LogP contribution in [0.1, 0.15) is 26.0 Å². The number of nitrogen functional groups attached to an aromatic ring is 1. The molecule has 5 heterocycles. The summed E-state index contributed by atoms with van der Waals surface area (Å²) in [6, 6.07) is -0.674. The number of anilines is 1. The van der Waals surface area contributed by atoms with Crippen molar-refractivity contribution in [3.63, 3.8) is 0 Å². The molecule has 0 saturated carbocycles. The Kier molecular flexibility index (Phi) is 5.41. The summed E-state index contributed by atoms with van der Waals surface area (Å²) in [6.45, 7) is 5.68. The van der Waals surface area contributed by atoms with E-state index in [1.165, 1.54) is 16.7 Å². The van der Waals surface area contributed by atoms with Gasteiger partial charge in [0.2, 0.25) is 11.8 Å². The maximum Gasteiger partial charge on any atom is 0.353 e. The van der Waals surface area contributed by atoms with Gasteiger partial charge in [0.1, 0.15) is 5.70 Å². The molecule has 0 aliphatic carbocycles. The molecule has 0 aromatic carbocycles. The maximum absolute atomic E-state index is 13.1. The molecule has 12 heteroatoms. The zero-order chi connectivity index (χ0) is 23.6. The summed E-state index contributed by atoms with van der Waals surface area (Å²) < 4.78 is 1.91. The molecular formula is C21H28N6O5S. The SMILES string of the molecule is C[C@@H](O)[C@H]1C(=O)N2C(C(=O)O)=C(S[C@@H]3CN[C@H](C(=O)N4CCn5c(cnc5N)C4)C3)[C@H](C)[C@H]12. The lowest BCUT2D eigenvalue weighted by molar-refractivity contribution is -0.163. The molecule has 0 radical (unpaired) electrons. The highest BCUT2D eigenvalue weighted by Crippen LogP contribution is 2.51. The highest BCUT2D eigenvalue weighted by molar-refractivity contribution is 8.03. The summed E-state index contributed by atoms with van der Waals surface area (Å²) in [5.74, 6) is -1.75. The van der Waals surface area contributed by atoms with Crippen molar-refractivity contribution in [2.75, 3.05) is 18.8 Å². The van der Waals surface area contributed by atoms with Gasteiger partial charge >= 0.3 is 5.97 Å². The predicted molar refractivity (Wildman–Crippen MR) is 119 cm³/mol. The highest BCUT2D eigenvalue weighted by Gasteiger charge is 2.60. The topological polar surface area (TPSA) is 154 Å². The maximum atomic E-state index is 13.1. The van der Waals surface area contributed by atoms with Crippen LogP contribution in [0.2, 0.25) is 0 Å². The Labute approximate surface area is 195 Å². The molecule has 33 heavy (non-hydrogen) atoms. The number of thioether (sulfide) groups is 1. The van der Waals surface area contributed by atoms with E-state index in [0.717, 1.165) is 5.69 Å². The number of β-lactam (4-membered cyclic amide) rings is 1. The van der Waals surface area contributed by atoms with Gasteiger partial charge in [-0.2, -0.15) is 0 Å². The molecule has 4 aliphatic rings. The molecule has 6 atom stereocenters. The zero-order valence-corrected chi connectivity index (χ0v) is 19.3. The normalized spacial score (nSPS) is 32.0. The first-order valence-electron chi connectivity index (χ1n) is 11.2. The summed E-state index contributed by atoms with van der Waals surface area (Å²) in [4.78, 5) is 45.5. The monoisotopic (exact) mass is 476 g/mol. The number of amides is 2. The van der Waals surface area contributed by atoms with Gasteiger partial charge in [-0.15, -0.1) is 11.8 Å². The number of aromatic nitrogens is 2. The number of aliphatic carboxylic acids is 1. The van der Waals surface area contributed by atoms with Gasteiger partial charge in [-0.25, -0.2) is 9.78 Å². The molecule has 5 rings (SSSR count). The average Bonchev–Trinajstić information content (AvgIpc) is 3.44. The second-order valence-electron chi connectivity index (χ2n) is 9.23. The van der Waals surface area contributed by atoms with Crippen molar-refractivity contribution in [2.24, 2.45) is 11.8 Å². The van der Waals surface area contributed by atoms with Crippen LogP contribution < -0.4 is 11.1 Å². The van der Waals surface area contributed by atoms with Crippen molar-refractivity contribution in [3.8, 4) is 0 Å². The summed E-state index contributed by atoms with van der Waals surface area (Å²) in [7, 11) is 0. The Bertz CT molecular complexity index is 1050. The Morgan fingerprint density at radius 2 is 2.12 bits per heavy atom. The summed E-state index contributed by atoms with van der Waals surface area (Å²) in [6.07, 6.45) is 1.44. The number of nitrogens with one attached hydrogen (secondary N) is 1. The number of hydrogen-bond acceptors (Lipinski definition) is 8. The fourth-order valence-electron chi connectivity index (χ4n) is 5.55.